The molecule has 0 aromatic carbocycles. The molecule has 2 heterocycles. The molecule has 2 rings (SSSR count). The van der Waals surface area contributed by atoms with Crippen molar-refractivity contribution in [2.24, 2.45) is 0 Å². The van der Waals surface area contributed by atoms with Gasteiger partial charge in [0.25, 0.3) is 0 Å². The fourth-order valence-electron chi connectivity index (χ4n) is 1.61. The Bertz CT molecular complexity index is 125. The summed E-state index contributed by atoms with van der Waals surface area (Å²) >= 11 is 0. The Morgan fingerprint density at radius 1 is 1.40 bits per heavy atom. The minimum atomic E-state index is -0.555. The molecule has 1 N–H and O–H groups in total. The van der Waals surface area contributed by atoms with Gasteiger partial charge < -0.3 is 5.32 Å². The van der Waals surface area contributed by atoms with E-state index in [0.717, 1.165) is 26.1 Å². The maximum atomic E-state index is 12.6. The zero-order valence-electron chi connectivity index (χ0n) is 6.02. The lowest BCUT2D eigenvalue weighted by molar-refractivity contribution is 0.167. The Morgan fingerprint density at radius 2 is 2.20 bits per heavy atom. The van der Waals surface area contributed by atoms with Gasteiger partial charge in [0.2, 0.25) is 0 Å². The minimum absolute atomic E-state index is 0.555. The van der Waals surface area contributed by atoms with Crippen molar-refractivity contribution in [2.75, 3.05) is 26.2 Å². The molecule has 10 heavy (non-hydrogen) atoms. The summed E-state index contributed by atoms with van der Waals surface area (Å²) in [6, 6.07) is 0.640. The Morgan fingerprint density at radius 3 is 2.60 bits per heavy atom. The van der Waals surface area contributed by atoms with Crippen LogP contribution in [-0.4, -0.2) is 43.3 Å². The highest BCUT2D eigenvalue weighted by molar-refractivity contribution is 4.89. The Kier molecular flexibility index (Phi) is 1.62. The van der Waals surface area contributed by atoms with E-state index in [9.17, 15) is 4.39 Å². The third kappa shape index (κ3) is 1.04. The van der Waals surface area contributed by atoms with Crippen LogP contribution in [-0.2, 0) is 0 Å². The molecule has 0 unspecified atom stereocenters. The number of halogens is 1. The van der Waals surface area contributed by atoms with Crippen LogP contribution < -0.4 is 5.32 Å². The van der Waals surface area contributed by atoms with Gasteiger partial charge in [-0.2, -0.15) is 0 Å². The van der Waals surface area contributed by atoms with Crippen molar-refractivity contribution >= 4 is 0 Å². The van der Waals surface area contributed by atoms with Crippen molar-refractivity contribution in [3.05, 3.63) is 0 Å². The molecule has 0 amide bonds. The number of rotatable bonds is 1. The summed E-state index contributed by atoms with van der Waals surface area (Å²) in [6.07, 6.45) is 0.192. The van der Waals surface area contributed by atoms with Gasteiger partial charge in [-0.05, 0) is 6.42 Å². The number of alkyl halides is 1. The van der Waals surface area contributed by atoms with Crippen LogP contribution in [0.1, 0.15) is 6.42 Å². The van der Waals surface area contributed by atoms with E-state index >= 15 is 0 Å². The monoisotopic (exact) mass is 144 g/mol. The molecule has 58 valence electrons. The van der Waals surface area contributed by atoms with Gasteiger partial charge in [0.05, 0.1) is 0 Å². The SMILES string of the molecule is F[C@H]1CCN(C2CNC2)C1. The summed E-state index contributed by atoms with van der Waals surface area (Å²) in [4.78, 5) is 2.25. The lowest BCUT2D eigenvalue weighted by atomic mass is 10.1. The van der Waals surface area contributed by atoms with Crippen molar-refractivity contribution in [3.63, 3.8) is 0 Å². The molecule has 0 aromatic rings. The molecule has 3 heteroatoms. The maximum Gasteiger partial charge on any atom is 0.114 e. The molecule has 0 aliphatic carbocycles. The predicted octanol–water partition coefficient (Wildman–Crippen LogP) is 0.00200. The predicted molar refractivity (Wildman–Crippen MR) is 37.7 cm³/mol. The highest BCUT2D eigenvalue weighted by Gasteiger charge is 2.30. The second-order valence-electron chi connectivity index (χ2n) is 3.19. The van der Waals surface area contributed by atoms with Crippen molar-refractivity contribution in [1.29, 1.82) is 0 Å². The van der Waals surface area contributed by atoms with E-state index in [4.69, 9.17) is 0 Å². The van der Waals surface area contributed by atoms with Gasteiger partial charge in [0, 0.05) is 32.2 Å². The first kappa shape index (κ1) is 6.55. The highest BCUT2D eigenvalue weighted by atomic mass is 19.1. The number of nitrogens with zero attached hydrogens (tertiary/aromatic N) is 1. The van der Waals surface area contributed by atoms with Gasteiger partial charge in [-0.15, -0.1) is 0 Å². The smallest absolute Gasteiger partial charge is 0.114 e. The maximum absolute atomic E-state index is 12.6. The normalized spacial score (nSPS) is 36.3. The molecule has 0 spiro atoms. The fourth-order valence-corrected chi connectivity index (χ4v) is 1.61. The standard InChI is InChI=1S/C7H13FN2/c8-6-1-2-10(5-6)7-3-9-4-7/h6-7,9H,1-5H2/t6-/m0/s1. The summed E-state index contributed by atoms with van der Waals surface area (Å²) in [5.41, 5.74) is 0. The van der Waals surface area contributed by atoms with E-state index in [0.29, 0.717) is 12.6 Å². The quantitative estimate of drug-likeness (QED) is 0.557. The number of hydrogen-bond acceptors (Lipinski definition) is 2. The van der Waals surface area contributed by atoms with Crippen LogP contribution in [0.4, 0.5) is 4.39 Å². The Labute approximate surface area is 60.4 Å². The molecule has 0 saturated carbocycles. The van der Waals surface area contributed by atoms with E-state index in [1.807, 2.05) is 0 Å². The first-order valence-electron chi connectivity index (χ1n) is 3.95. The molecule has 2 saturated heterocycles. The second-order valence-corrected chi connectivity index (χ2v) is 3.19. The largest absolute Gasteiger partial charge is 0.314 e. The molecule has 2 aliphatic rings. The molecule has 2 fully saturated rings. The highest BCUT2D eigenvalue weighted by Crippen LogP contribution is 2.16. The van der Waals surface area contributed by atoms with Crippen LogP contribution in [0.3, 0.4) is 0 Å². The minimum Gasteiger partial charge on any atom is -0.314 e. The second kappa shape index (κ2) is 2.47. The van der Waals surface area contributed by atoms with Crippen molar-refractivity contribution in [2.45, 2.75) is 18.6 Å². The molecule has 2 aliphatic heterocycles. The summed E-state index contributed by atoms with van der Waals surface area (Å²) < 4.78 is 12.6. The molecule has 0 bridgehead atoms. The van der Waals surface area contributed by atoms with Gasteiger partial charge in [0.1, 0.15) is 6.17 Å². The van der Waals surface area contributed by atoms with E-state index in [1.165, 1.54) is 0 Å². The van der Waals surface area contributed by atoms with Crippen LogP contribution in [0.25, 0.3) is 0 Å². The molecule has 0 radical (unpaired) electrons. The van der Waals surface area contributed by atoms with Crippen molar-refractivity contribution in [3.8, 4) is 0 Å². The zero-order valence-corrected chi connectivity index (χ0v) is 6.02. The van der Waals surface area contributed by atoms with Crippen LogP contribution in [0, 0.1) is 0 Å². The molecule has 0 aromatic heterocycles. The van der Waals surface area contributed by atoms with Gasteiger partial charge in [-0.25, -0.2) is 4.39 Å². The lowest BCUT2D eigenvalue weighted by Crippen LogP contribution is -2.56. The first-order chi connectivity index (χ1) is 4.86. The Balaban J connectivity index is 1.82. The topological polar surface area (TPSA) is 15.3 Å². The third-order valence-corrected chi connectivity index (χ3v) is 2.44. The number of likely N-dealkylation sites (tertiary alicyclic amines) is 1. The van der Waals surface area contributed by atoms with Crippen LogP contribution in [0.2, 0.25) is 0 Å². The summed E-state index contributed by atoms with van der Waals surface area (Å²) in [5, 5.41) is 3.19. The van der Waals surface area contributed by atoms with E-state index in [-0.39, 0.29) is 0 Å². The third-order valence-electron chi connectivity index (χ3n) is 2.44. The van der Waals surface area contributed by atoms with Crippen molar-refractivity contribution < 1.29 is 4.39 Å². The zero-order chi connectivity index (χ0) is 6.97. The molecular formula is C7H13FN2. The van der Waals surface area contributed by atoms with Gasteiger partial charge in [0.15, 0.2) is 0 Å². The fraction of sp³-hybridized carbons (Fsp3) is 1.00. The Hall–Kier alpha value is -0.150. The molecule has 2 nitrogen and oxygen atoms in total. The van der Waals surface area contributed by atoms with E-state index in [2.05, 4.69) is 10.2 Å². The van der Waals surface area contributed by atoms with E-state index < -0.39 is 6.17 Å². The first-order valence-corrected chi connectivity index (χ1v) is 3.95. The summed E-state index contributed by atoms with van der Waals surface area (Å²) in [7, 11) is 0. The van der Waals surface area contributed by atoms with E-state index in [1.54, 1.807) is 0 Å². The number of hydrogen-bond donors (Lipinski definition) is 1. The van der Waals surface area contributed by atoms with Crippen LogP contribution >= 0.6 is 0 Å². The summed E-state index contributed by atoms with van der Waals surface area (Å²) in [5.74, 6) is 0. The molecular weight excluding hydrogens is 131 g/mol. The number of nitrogens with one attached hydrogen (secondary N) is 1. The average Bonchev–Trinajstić information content (AvgIpc) is 2.10. The van der Waals surface area contributed by atoms with Crippen LogP contribution in [0.5, 0.6) is 0 Å². The summed E-state index contributed by atoms with van der Waals surface area (Å²) in [6.45, 7) is 3.76. The van der Waals surface area contributed by atoms with Gasteiger partial charge in [-0.1, -0.05) is 0 Å². The van der Waals surface area contributed by atoms with Crippen LogP contribution in [0.15, 0.2) is 0 Å². The van der Waals surface area contributed by atoms with Gasteiger partial charge >= 0.3 is 0 Å². The average molecular weight is 144 g/mol. The van der Waals surface area contributed by atoms with Gasteiger partial charge in [-0.3, -0.25) is 4.90 Å². The molecule has 1 atom stereocenters. The van der Waals surface area contributed by atoms with Crippen molar-refractivity contribution in [1.82, 2.24) is 10.2 Å². The lowest BCUT2D eigenvalue weighted by Gasteiger charge is -2.35.